The lowest BCUT2D eigenvalue weighted by molar-refractivity contribution is 0.290. The number of aromatic nitrogens is 1. The van der Waals surface area contributed by atoms with Gasteiger partial charge in [-0.2, -0.15) is 0 Å². The molecule has 2 heterocycles. The third-order valence-electron chi connectivity index (χ3n) is 4.04. The van der Waals surface area contributed by atoms with Crippen molar-refractivity contribution < 1.29 is 10.6 Å². The van der Waals surface area contributed by atoms with Gasteiger partial charge < -0.3 is 10.1 Å². The summed E-state index contributed by atoms with van der Waals surface area (Å²) in [5, 5.41) is 3.18. The Labute approximate surface area is 143 Å². The third kappa shape index (κ3) is 4.10. The van der Waals surface area contributed by atoms with Crippen LogP contribution in [0, 0.1) is 11.8 Å². The summed E-state index contributed by atoms with van der Waals surface area (Å²) in [6.07, 6.45) is 10.3. The molecule has 4 nitrogen and oxygen atoms in total. The summed E-state index contributed by atoms with van der Waals surface area (Å²) < 4.78 is 19.1. The van der Waals surface area contributed by atoms with E-state index in [1.807, 2.05) is 25.2 Å². The Morgan fingerprint density at radius 1 is 1.42 bits per heavy atom. The normalized spacial score (nSPS) is 23.2. The molecule has 1 aromatic rings. The van der Waals surface area contributed by atoms with Gasteiger partial charge in [0.05, 0.1) is 6.67 Å². The summed E-state index contributed by atoms with van der Waals surface area (Å²) in [5.41, 5.74) is 1.17. The first kappa shape index (κ1) is 16.4. The summed E-state index contributed by atoms with van der Waals surface area (Å²) in [5.74, 6) is 2.99. The number of rotatable bonds is 4. The number of pyridine rings is 1. The van der Waals surface area contributed by atoms with Gasteiger partial charge in [-0.25, -0.2) is 4.98 Å². The Morgan fingerprint density at radius 3 is 3.04 bits per heavy atom. The van der Waals surface area contributed by atoms with Gasteiger partial charge in [0.1, 0.15) is 23.2 Å². The SMILES string of the molecule is CC1=CC=C(Oc2ccnc(NC3=NCC(C)C=C3)c2)C(CF)C1.[HH]. The zero-order valence-corrected chi connectivity index (χ0v) is 14.0. The molecule has 0 fully saturated rings. The van der Waals surface area contributed by atoms with Crippen molar-refractivity contribution in [2.45, 2.75) is 20.3 Å². The highest BCUT2D eigenvalue weighted by atomic mass is 19.1. The van der Waals surface area contributed by atoms with E-state index in [0.717, 1.165) is 12.4 Å². The van der Waals surface area contributed by atoms with E-state index in [2.05, 4.69) is 28.3 Å². The zero-order chi connectivity index (χ0) is 16.9. The van der Waals surface area contributed by atoms with Gasteiger partial charge in [0.2, 0.25) is 0 Å². The number of hydrogen-bond acceptors (Lipinski definition) is 4. The number of ether oxygens (including phenoxy) is 1. The molecule has 2 atom stereocenters. The number of amidine groups is 1. The molecule has 1 N–H and O–H groups in total. The van der Waals surface area contributed by atoms with Crippen molar-refractivity contribution >= 4 is 11.7 Å². The summed E-state index contributed by atoms with van der Waals surface area (Å²) in [6.45, 7) is 4.47. The fraction of sp³-hybridized carbons (Fsp3) is 0.368. The van der Waals surface area contributed by atoms with Crippen LogP contribution in [-0.4, -0.2) is 24.0 Å². The highest BCUT2D eigenvalue weighted by Crippen LogP contribution is 2.28. The van der Waals surface area contributed by atoms with Crippen molar-refractivity contribution in [3.63, 3.8) is 0 Å². The largest absolute Gasteiger partial charge is 0.461 e. The summed E-state index contributed by atoms with van der Waals surface area (Å²) in [7, 11) is 0. The number of allylic oxidation sites excluding steroid dienone is 4. The number of nitrogens with one attached hydrogen (secondary N) is 1. The third-order valence-corrected chi connectivity index (χ3v) is 4.04. The van der Waals surface area contributed by atoms with Crippen molar-refractivity contribution in [2.24, 2.45) is 16.8 Å². The monoisotopic (exact) mass is 329 g/mol. The van der Waals surface area contributed by atoms with E-state index in [0.29, 0.717) is 29.7 Å². The molecule has 1 aromatic heterocycles. The number of hydrogen-bond donors (Lipinski definition) is 1. The van der Waals surface area contributed by atoms with Crippen LogP contribution in [0.1, 0.15) is 21.7 Å². The molecule has 5 heteroatoms. The number of dihydropyridines is 1. The van der Waals surface area contributed by atoms with Crippen molar-refractivity contribution in [1.29, 1.82) is 0 Å². The molecule has 1 aliphatic carbocycles. The molecule has 3 rings (SSSR count). The van der Waals surface area contributed by atoms with E-state index in [-0.39, 0.29) is 7.34 Å². The Hall–Kier alpha value is -2.43. The first-order valence-corrected chi connectivity index (χ1v) is 8.21. The second kappa shape index (κ2) is 7.43. The lowest BCUT2D eigenvalue weighted by atomic mass is 9.94. The van der Waals surface area contributed by atoms with Crippen molar-refractivity contribution in [1.82, 2.24) is 4.98 Å². The maximum absolute atomic E-state index is 13.2. The van der Waals surface area contributed by atoms with E-state index in [9.17, 15) is 4.39 Å². The highest BCUT2D eigenvalue weighted by molar-refractivity contribution is 6.03. The van der Waals surface area contributed by atoms with Crippen molar-refractivity contribution in [3.8, 4) is 5.75 Å². The molecule has 0 bridgehead atoms. The predicted molar refractivity (Wildman–Crippen MR) is 97.1 cm³/mol. The van der Waals surface area contributed by atoms with Crippen molar-refractivity contribution in [2.75, 3.05) is 18.5 Å². The Kier molecular flexibility index (Phi) is 5.08. The average Bonchev–Trinajstić information content (AvgIpc) is 2.59. The molecule has 2 unspecified atom stereocenters. The molecular formula is C19H24FN3O. The molecule has 0 aromatic carbocycles. The minimum atomic E-state index is -0.424. The van der Waals surface area contributed by atoms with Crippen LogP contribution < -0.4 is 10.1 Å². The molecule has 2 aliphatic rings. The standard InChI is InChI=1S/C19H22FN3O.H2/c1-13-3-5-17(15(9-13)11-20)24-16-7-8-21-19(10-16)23-18-6-4-14(2)12-22-18;/h3-8,10,14-15H,9,11-12H2,1-2H3,(H,21,22,23);1H. The minimum Gasteiger partial charge on any atom is -0.461 e. The Bertz CT molecular complexity index is 727. The van der Waals surface area contributed by atoms with Crippen LogP contribution >= 0.6 is 0 Å². The Morgan fingerprint density at radius 2 is 2.29 bits per heavy atom. The fourth-order valence-electron chi connectivity index (χ4n) is 2.67. The van der Waals surface area contributed by atoms with E-state index in [1.165, 1.54) is 5.57 Å². The first-order valence-electron chi connectivity index (χ1n) is 8.21. The van der Waals surface area contributed by atoms with Crippen LogP contribution in [0.5, 0.6) is 5.75 Å². The summed E-state index contributed by atoms with van der Waals surface area (Å²) in [6, 6.07) is 3.57. The molecule has 0 amide bonds. The fourth-order valence-corrected chi connectivity index (χ4v) is 2.67. The van der Waals surface area contributed by atoms with Gasteiger partial charge in [0.15, 0.2) is 0 Å². The molecular weight excluding hydrogens is 305 g/mol. The molecule has 24 heavy (non-hydrogen) atoms. The molecule has 0 saturated carbocycles. The smallest absolute Gasteiger partial charge is 0.135 e. The number of aliphatic imine (C=N–C) groups is 1. The van der Waals surface area contributed by atoms with E-state index >= 15 is 0 Å². The van der Waals surface area contributed by atoms with E-state index < -0.39 is 6.67 Å². The van der Waals surface area contributed by atoms with Crippen LogP contribution in [0.2, 0.25) is 0 Å². The van der Waals surface area contributed by atoms with Gasteiger partial charge >= 0.3 is 0 Å². The number of halogens is 1. The van der Waals surface area contributed by atoms with Gasteiger partial charge in [0, 0.05) is 26.2 Å². The lowest BCUT2D eigenvalue weighted by Gasteiger charge is -2.21. The first-order chi connectivity index (χ1) is 11.6. The average molecular weight is 329 g/mol. The van der Waals surface area contributed by atoms with Crippen LogP contribution in [0.15, 0.2) is 59.0 Å². The van der Waals surface area contributed by atoms with Gasteiger partial charge in [-0.15, -0.1) is 0 Å². The van der Waals surface area contributed by atoms with Gasteiger partial charge in [-0.1, -0.05) is 24.6 Å². The highest BCUT2D eigenvalue weighted by Gasteiger charge is 2.20. The van der Waals surface area contributed by atoms with Gasteiger partial charge in [-0.05, 0) is 37.5 Å². The zero-order valence-electron chi connectivity index (χ0n) is 14.0. The lowest BCUT2D eigenvalue weighted by Crippen LogP contribution is -2.17. The summed E-state index contributed by atoms with van der Waals surface area (Å²) >= 11 is 0. The van der Waals surface area contributed by atoms with E-state index in [4.69, 9.17) is 4.74 Å². The minimum absolute atomic E-state index is 0. The van der Waals surface area contributed by atoms with Crippen LogP contribution in [0.25, 0.3) is 0 Å². The van der Waals surface area contributed by atoms with Gasteiger partial charge in [0.25, 0.3) is 0 Å². The predicted octanol–water partition coefficient (Wildman–Crippen LogP) is 4.54. The summed E-state index contributed by atoms with van der Waals surface area (Å²) in [4.78, 5) is 8.74. The Balaban J connectivity index is 0.00000225. The molecule has 1 aliphatic heterocycles. The topological polar surface area (TPSA) is 46.5 Å². The second-order valence-electron chi connectivity index (χ2n) is 6.30. The quantitative estimate of drug-likeness (QED) is 0.882. The number of nitrogens with zero attached hydrogens (tertiary/aromatic N) is 2. The molecule has 0 radical (unpaired) electrons. The van der Waals surface area contributed by atoms with Crippen LogP contribution in [0.3, 0.4) is 0 Å². The van der Waals surface area contributed by atoms with Crippen LogP contribution in [-0.2, 0) is 0 Å². The maximum atomic E-state index is 13.2. The van der Waals surface area contributed by atoms with Crippen LogP contribution in [0.4, 0.5) is 10.2 Å². The maximum Gasteiger partial charge on any atom is 0.135 e. The van der Waals surface area contributed by atoms with Gasteiger partial charge in [-0.3, -0.25) is 9.38 Å². The number of alkyl halides is 1. The molecule has 128 valence electrons. The second-order valence-corrected chi connectivity index (χ2v) is 6.30. The molecule has 0 saturated heterocycles. The molecule has 0 spiro atoms. The van der Waals surface area contributed by atoms with E-state index in [1.54, 1.807) is 18.3 Å². The van der Waals surface area contributed by atoms with Crippen molar-refractivity contribution in [3.05, 3.63) is 54.0 Å². The number of anilines is 1.